The molecule has 1 aliphatic rings. The first kappa shape index (κ1) is 21.4. The molecule has 0 aliphatic carbocycles. The SMILES string of the molecule is O=C(NCCSCc1ccc(Cl)cc1)c1ccc(N2CCOCC2)c([N+](=O)[O-])c1. The lowest BCUT2D eigenvalue weighted by molar-refractivity contribution is -0.384. The molecule has 1 aliphatic heterocycles. The van der Waals surface area contributed by atoms with Crippen LogP contribution in [0.5, 0.6) is 0 Å². The molecule has 0 aromatic heterocycles. The highest BCUT2D eigenvalue weighted by molar-refractivity contribution is 7.98. The molecule has 1 amide bonds. The number of morpholine rings is 1. The average molecular weight is 436 g/mol. The maximum absolute atomic E-state index is 12.4. The minimum absolute atomic E-state index is 0.0586. The van der Waals surface area contributed by atoms with E-state index >= 15 is 0 Å². The Morgan fingerprint density at radius 1 is 1.21 bits per heavy atom. The normalized spacial score (nSPS) is 13.9. The van der Waals surface area contributed by atoms with Crippen LogP contribution in [0.3, 0.4) is 0 Å². The molecule has 0 radical (unpaired) electrons. The molecule has 9 heteroatoms. The highest BCUT2D eigenvalue weighted by Crippen LogP contribution is 2.30. The fourth-order valence-electron chi connectivity index (χ4n) is 2.99. The highest BCUT2D eigenvalue weighted by atomic mass is 35.5. The maximum Gasteiger partial charge on any atom is 0.293 e. The minimum atomic E-state index is -0.441. The first-order chi connectivity index (χ1) is 14.0. The number of hydrogen-bond donors (Lipinski definition) is 1. The van der Waals surface area contributed by atoms with Crippen molar-refractivity contribution < 1.29 is 14.5 Å². The Labute approximate surface area is 178 Å². The summed E-state index contributed by atoms with van der Waals surface area (Å²) in [5, 5.41) is 15.0. The zero-order valence-corrected chi connectivity index (χ0v) is 17.4. The highest BCUT2D eigenvalue weighted by Gasteiger charge is 2.23. The number of carbonyl (C=O) groups is 1. The van der Waals surface area contributed by atoms with E-state index in [0.29, 0.717) is 43.6 Å². The molecule has 2 aromatic carbocycles. The first-order valence-electron chi connectivity index (χ1n) is 9.26. The zero-order valence-electron chi connectivity index (χ0n) is 15.8. The summed E-state index contributed by atoms with van der Waals surface area (Å²) in [6, 6.07) is 12.3. The van der Waals surface area contributed by atoms with Gasteiger partial charge in [0.2, 0.25) is 0 Å². The summed E-state index contributed by atoms with van der Waals surface area (Å²) in [5.41, 5.74) is 1.92. The van der Waals surface area contributed by atoms with Crippen LogP contribution in [-0.2, 0) is 10.5 Å². The van der Waals surface area contributed by atoms with E-state index in [4.69, 9.17) is 16.3 Å². The van der Waals surface area contributed by atoms with Crippen molar-refractivity contribution in [1.29, 1.82) is 0 Å². The summed E-state index contributed by atoms with van der Waals surface area (Å²) in [6.07, 6.45) is 0. The van der Waals surface area contributed by atoms with E-state index in [1.807, 2.05) is 29.2 Å². The molecule has 0 saturated carbocycles. The summed E-state index contributed by atoms with van der Waals surface area (Å²) in [4.78, 5) is 25.4. The monoisotopic (exact) mass is 435 g/mol. The molecule has 3 rings (SSSR count). The number of amides is 1. The number of nitro groups is 1. The van der Waals surface area contributed by atoms with Crippen molar-refractivity contribution in [2.24, 2.45) is 0 Å². The summed E-state index contributed by atoms with van der Waals surface area (Å²) in [5.74, 6) is 1.25. The number of nitrogens with one attached hydrogen (secondary N) is 1. The molecule has 1 saturated heterocycles. The van der Waals surface area contributed by atoms with Gasteiger partial charge in [-0.05, 0) is 29.8 Å². The van der Waals surface area contributed by atoms with Gasteiger partial charge in [0, 0.05) is 47.8 Å². The number of benzene rings is 2. The van der Waals surface area contributed by atoms with Gasteiger partial charge in [-0.2, -0.15) is 11.8 Å². The van der Waals surface area contributed by atoms with E-state index in [1.165, 1.54) is 11.6 Å². The standard InChI is InChI=1S/C20H22ClN3O4S/c21-17-4-1-15(2-5-17)14-29-12-7-22-20(25)16-3-6-18(19(13-16)24(26)27)23-8-10-28-11-9-23/h1-6,13H,7-12,14H2,(H,22,25). The van der Waals surface area contributed by atoms with E-state index in [9.17, 15) is 14.9 Å². The number of hydrogen-bond acceptors (Lipinski definition) is 6. The lowest BCUT2D eigenvalue weighted by atomic mass is 10.1. The molecule has 154 valence electrons. The molecular formula is C20H22ClN3O4S. The number of rotatable bonds is 8. The van der Waals surface area contributed by atoms with Crippen LogP contribution >= 0.6 is 23.4 Å². The average Bonchev–Trinajstić information content (AvgIpc) is 2.75. The predicted octanol–water partition coefficient (Wildman–Crippen LogP) is 3.75. The third-order valence-corrected chi connectivity index (χ3v) is 5.78. The van der Waals surface area contributed by atoms with Gasteiger partial charge in [0.25, 0.3) is 11.6 Å². The summed E-state index contributed by atoms with van der Waals surface area (Å²) in [7, 11) is 0. The van der Waals surface area contributed by atoms with Gasteiger partial charge in [-0.25, -0.2) is 0 Å². The van der Waals surface area contributed by atoms with E-state index in [1.54, 1.807) is 23.9 Å². The van der Waals surface area contributed by atoms with Crippen molar-refractivity contribution in [3.8, 4) is 0 Å². The molecule has 1 N–H and O–H groups in total. The van der Waals surface area contributed by atoms with Gasteiger partial charge in [0.05, 0.1) is 18.1 Å². The summed E-state index contributed by atoms with van der Waals surface area (Å²) < 4.78 is 5.30. The second kappa shape index (κ2) is 10.5. The molecule has 7 nitrogen and oxygen atoms in total. The van der Waals surface area contributed by atoms with Gasteiger partial charge in [-0.1, -0.05) is 23.7 Å². The topological polar surface area (TPSA) is 84.7 Å². The van der Waals surface area contributed by atoms with Crippen LogP contribution in [0.25, 0.3) is 0 Å². The summed E-state index contributed by atoms with van der Waals surface area (Å²) in [6.45, 7) is 2.74. The van der Waals surface area contributed by atoms with Gasteiger partial charge in [0.1, 0.15) is 5.69 Å². The molecule has 1 fully saturated rings. The van der Waals surface area contributed by atoms with E-state index in [0.717, 1.165) is 11.5 Å². The van der Waals surface area contributed by atoms with Gasteiger partial charge in [-0.15, -0.1) is 0 Å². The van der Waals surface area contributed by atoms with Crippen LogP contribution < -0.4 is 10.2 Å². The van der Waals surface area contributed by atoms with Crippen molar-refractivity contribution in [3.63, 3.8) is 0 Å². The molecule has 0 spiro atoms. The molecule has 0 atom stereocenters. The number of nitrogens with zero attached hydrogens (tertiary/aromatic N) is 2. The third-order valence-electron chi connectivity index (χ3n) is 4.50. The van der Waals surface area contributed by atoms with Gasteiger partial charge >= 0.3 is 0 Å². The quantitative estimate of drug-likeness (QED) is 0.386. The lowest BCUT2D eigenvalue weighted by Gasteiger charge is -2.28. The predicted molar refractivity (Wildman–Crippen MR) is 116 cm³/mol. The number of carbonyl (C=O) groups excluding carboxylic acids is 1. The molecule has 0 bridgehead atoms. The lowest BCUT2D eigenvalue weighted by Crippen LogP contribution is -2.36. The van der Waals surface area contributed by atoms with Crippen LogP contribution in [0.4, 0.5) is 11.4 Å². The Morgan fingerprint density at radius 3 is 2.62 bits per heavy atom. The van der Waals surface area contributed by atoms with Gasteiger partial charge in [0.15, 0.2) is 0 Å². The van der Waals surface area contributed by atoms with Crippen LogP contribution in [0.15, 0.2) is 42.5 Å². The minimum Gasteiger partial charge on any atom is -0.378 e. The number of anilines is 1. The van der Waals surface area contributed by atoms with Crippen molar-refractivity contribution in [1.82, 2.24) is 5.32 Å². The van der Waals surface area contributed by atoms with E-state index in [2.05, 4.69) is 5.32 Å². The molecule has 1 heterocycles. The molecular weight excluding hydrogens is 414 g/mol. The van der Waals surface area contributed by atoms with Crippen LogP contribution in [0, 0.1) is 10.1 Å². The largest absolute Gasteiger partial charge is 0.378 e. The summed E-state index contributed by atoms with van der Waals surface area (Å²) >= 11 is 7.56. The Bertz CT molecular complexity index is 857. The van der Waals surface area contributed by atoms with Gasteiger partial charge < -0.3 is 15.0 Å². The van der Waals surface area contributed by atoms with E-state index < -0.39 is 4.92 Å². The Morgan fingerprint density at radius 2 is 1.93 bits per heavy atom. The number of ether oxygens (including phenoxy) is 1. The Hall–Kier alpha value is -2.29. The van der Waals surface area contributed by atoms with Crippen LogP contribution in [-0.4, -0.2) is 49.4 Å². The zero-order chi connectivity index (χ0) is 20.6. The third kappa shape index (κ3) is 6.09. The van der Waals surface area contributed by atoms with E-state index in [-0.39, 0.29) is 17.2 Å². The second-order valence-corrected chi connectivity index (χ2v) is 8.04. The smallest absolute Gasteiger partial charge is 0.293 e. The van der Waals surface area contributed by atoms with Crippen LogP contribution in [0.2, 0.25) is 5.02 Å². The maximum atomic E-state index is 12.4. The first-order valence-corrected chi connectivity index (χ1v) is 10.8. The fourth-order valence-corrected chi connectivity index (χ4v) is 3.94. The molecule has 29 heavy (non-hydrogen) atoms. The van der Waals surface area contributed by atoms with Crippen molar-refractivity contribution >= 4 is 40.6 Å². The number of thioether (sulfide) groups is 1. The number of nitro benzene ring substituents is 1. The molecule has 0 unspecified atom stereocenters. The van der Waals surface area contributed by atoms with Gasteiger partial charge in [-0.3, -0.25) is 14.9 Å². The van der Waals surface area contributed by atoms with Crippen LogP contribution in [0.1, 0.15) is 15.9 Å². The Balaban J connectivity index is 1.52. The second-order valence-electron chi connectivity index (χ2n) is 6.49. The number of halogens is 1. The fraction of sp³-hybridized carbons (Fsp3) is 0.350. The van der Waals surface area contributed by atoms with Crippen molar-refractivity contribution in [2.45, 2.75) is 5.75 Å². The Kier molecular flexibility index (Phi) is 7.74. The molecule has 2 aromatic rings. The van der Waals surface area contributed by atoms with Crippen molar-refractivity contribution in [3.05, 3.63) is 68.7 Å². The van der Waals surface area contributed by atoms with Crippen molar-refractivity contribution in [2.75, 3.05) is 43.5 Å².